The molecule has 2 fully saturated rings. The number of nitrogens with zero attached hydrogens (tertiary/aromatic N) is 1. The van der Waals surface area contributed by atoms with E-state index in [0.29, 0.717) is 11.7 Å². The smallest absolute Gasteiger partial charge is 0.136 e. The summed E-state index contributed by atoms with van der Waals surface area (Å²) >= 11 is 0. The lowest BCUT2D eigenvalue weighted by atomic mass is 10.0. The van der Waals surface area contributed by atoms with Crippen molar-refractivity contribution in [3.05, 3.63) is 0 Å². The van der Waals surface area contributed by atoms with Gasteiger partial charge in [-0.05, 0) is 51.6 Å². The molecule has 0 amide bonds. The van der Waals surface area contributed by atoms with E-state index in [9.17, 15) is 4.79 Å². The van der Waals surface area contributed by atoms with Crippen molar-refractivity contribution in [1.82, 2.24) is 4.90 Å². The molecule has 2 heteroatoms. The molecule has 2 nitrogen and oxygen atoms in total. The second kappa shape index (κ2) is 4.43. The lowest BCUT2D eigenvalue weighted by Crippen LogP contribution is -2.24. The van der Waals surface area contributed by atoms with Gasteiger partial charge in [0.05, 0.1) is 0 Å². The number of Topliss-reactive ketones (excluding diaryl/α,β-unsaturated/α-hetero) is 1. The fourth-order valence-corrected chi connectivity index (χ4v) is 2.40. The standard InChI is InChI=1S/C12H21NO/c1-13(9-10-5-6-10)8-7-11-3-2-4-12(11)14/h10-11H,2-9H2,1H3. The summed E-state index contributed by atoms with van der Waals surface area (Å²) < 4.78 is 0. The zero-order valence-electron chi connectivity index (χ0n) is 9.17. The summed E-state index contributed by atoms with van der Waals surface area (Å²) in [7, 11) is 2.19. The fourth-order valence-electron chi connectivity index (χ4n) is 2.40. The zero-order chi connectivity index (χ0) is 9.97. The van der Waals surface area contributed by atoms with Gasteiger partial charge < -0.3 is 4.90 Å². The summed E-state index contributed by atoms with van der Waals surface area (Å²) in [6, 6.07) is 0. The van der Waals surface area contributed by atoms with Gasteiger partial charge in [-0.25, -0.2) is 0 Å². The van der Waals surface area contributed by atoms with Crippen molar-refractivity contribution in [3.8, 4) is 0 Å². The van der Waals surface area contributed by atoms with E-state index in [1.165, 1.54) is 19.4 Å². The molecule has 0 heterocycles. The van der Waals surface area contributed by atoms with Crippen molar-refractivity contribution in [2.75, 3.05) is 20.1 Å². The van der Waals surface area contributed by atoms with Crippen LogP contribution in [0.1, 0.15) is 38.5 Å². The van der Waals surface area contributed by atoms with Gasteiger partial charge >= 0.3 is 0 Å². The lowest BCUT2D eigenvalue weighted by Gasteiger charge is -2.17. The molecule has 0 aromatic rings. The molecule has 0 saturated heterocycles. The molecule has 1 atom stereocenters. The third-order valence-electron chi connectivity index (χ3n) is 3.56. The van der Waals surface area contributed by atoms with Crippen molar-refractivity contribution in [1.29, 1.82) is 0 Å². The summed E-state index contributed by atoms with van der Waals surface area (Å²) in [5.41, 5.74) is 0. The summed E-state index contributed by atoms with van der Waals surface area (Å²) in [5.74, 6) is 1.89. The molecule has 0 bridgehead atoms. The topological polar surface area (TPSA) is 20.3 Å². The molecule has 80 valence electrons. The molecule has 0 aromatic heterocycles. The van der Waals surface area contributed by atoms with Gasteiger partial charge in [-0.1, -0.05) is 0 Å². The Morgan fingerprint density at radius 1 is 1.36 bits per heavy atom. The molecule has 0 aromatic carbocycles. The third kappa shape index (κ3) is 2.81. The highest BCUT2D eigenvalue weighted by molar-refractivity contribution is 5.82. The Kier molecular flexibility index (Phi) is 3.22. The fraction of sp³-hybridized carbons (Fsp3) is 0.917. The van der Waals surface area contributed by atoms with Crippen LogP contribution in [-0.4, -0.2) is 30.8 Å². The van der Waals surface area contributed by atoms with E-state index in [1.54, 1.807) is 0 Å². The minimum Gasteiger partial charge on any atom is -0.306 e. The van der Waals surface area contributed by atoms with E-state index in [2.05, 4.69) is 11.9 Å². The van der Waals surface area contributed by atoms with Gasteiger partial charge in [-0.15, -0.1) is 0 Å². The first kappa shape index (κ1) is 10.2. The van der Waals surface area contributed by atoms with Crippen molar-refractivity contribution in [2.24, 2.45) is 11.8 Å². The highest BCUT2D eigenvalue weighted by Gasteiger charge is 2.26. The van der Waals surface area contributed by atoms with Gasteiger partial charge in [-0.3, -0.25) is 4.79 Å². The van der Waals surface area contributed by atoms with Gasteiger partial charge in [0.2, 0.25) is 0 Å². The maximum atomic E-state index is 11.4. The highest BCUT2D eigenvalue weighted by Crippen LogP contribution is 2.30. The molecule has 2 rings (SSSR count). The Balaban J connectivity index is 1.62. The van der Waals surface area contributed by atoms with Crippen molar-refractivity contribution in [2.45, 2.75) is 38.5 Å². The monoisotopic (exact) mass is 195 g/mol. The Bertz CT molecular complexity index is 210. The Hall–Kier alpha value is -0.370. The molecule has 2 aliphatic rings. The van der Waals surface area contributed by atoms with Crippen LogP contribution in [0, 0.1) is 11.8 Å². The molecular weight excluding hydrogens is 174 g/mol. The van der Waals surface area contributed by atoms with E-state index in [4.69, 9.17) is 0 Å². The Morgan fingerprint density at radius 2 is 2.14 bits per heavy atom. The van der Waals surface area contributed by atoms with Crippen molar-refractivity contribution >= 4 is 5.78 Å². The van der Waals surface area contributed by atoms with Crippen LogP contribution in [0.4, 0.5) is 0 Å². The normalized spacial score (nSPS) is 27.6. The van der Waals surface area contributed by atoms with Gasteiger partial charge in [0.25, 0.3) is 0 Å². The maximum absolute atomic E-state index is 11.4. The van der Waals surface area contributed by atoms with Crippen molar-refractivity contribution in [3.63, 3.8) is 0 Å². The Labute approximate surface area is 86.7 Å². The van der Waals surface area contributed by atoms with Crippen LogP contribution < -0.4 is 0 Å². The summed E-state index contributed by atoms with van der Waals surface area (Å²) in [6.45, 7) is 2.37. The van der Waals surface area contributed by atoms with Crippen molar-refractivity contribution < 1.29 is 4.79 Å². The van der Waals surface area contributed by atoms with Gasteiger partial charge in [0.15, 0.2) is 0 Å². The molecule has 2 saturated carbocycles. The van der Waals surface area contributed by atoms with E-state index in [-0.39, 0.29) is 0 Å². The van der Waals surface area contributed by atoms with Gasteiger partial charge in [0, 0.05) is 18.9 Å². The first-order valence-electron chi connectivity index (χ1n) is 5.97. The average Bonchev–Trinajstić information content (AvgIpc) is 2.86. The van der Waals surface area contributed by atoms with Crippen LogP contribution in [0.3, 0.4) is 0 Å². The summed E-state index contributed by atoms with van der Waals surface area (Å²) in [6.07, 6.45) is 7.07. The molecule has 2 aliphatic carbocycles. The van der Waals surface area contributed by atoms with E-state index in [0.717, 1.165) is 38.1 Å². The second-order valence-electron chi connectivity index (χ2n) is 5.05. The summed E-state index contributed by atoms with van der Waals surface area (Å²) in [5, 5.41) is 0. The maximum Gasteiger partial charge on any atom is 0.136 e. The number of carbonyl (C=O) groups is 1. The minimum absolute atomic E-state index is 0.400. The Morgan fingerprint density at radius 3 is 2.71 bits per heavy atom. The largest absolute Gasteiger partial charge is 0.306 e. The molecule has 14 heavy (non-hydrogen) atoms. The molecule has 0 radical (unpaired) electrons. The van der Waals surface area contributed by atoms with Crippen LogP contribution in [0.25, 0.3) is 0 Å². The predicted octanol–water partition coefficient (Wildman–Crippen LogP) is 2.09. The highest BCUT2D eigenvalue weighted by atomic mass is 16.1. The van der Waals surface area contributed by atoms with E-state index in [1.807, 2.05) is 0 Å². The number of hydrogen-bond donors (Lipinski definition) is 0. The average molecular weight is 195 g/mol. The number of carbonyl (C=O) groups excluding carboxylic acids is 1. The SMILES string of the molecule is CN(CCC1CCCC1=O)CC1CC1. The lowest BCUT2D eigenvalue weighted by molar-refractivity contribution is -0.120. The van der Waals surface area contributed by atoms with Gasteiger partial charge in [-0.2, -0.15) is 0 Å². The van der Waals surface area contributed by atoms with Crippen LogP contribution in [0.5, 0.6) is 0 Å². The first-order valence-corrected chi connectivity index (χ1v) is 5.97. The minimum atomic E-state index is 0.400. The molecule has 0 aliphatic heterocycles. The molecule has 1 unspecified atom stereocenters. The van der Waals surface area contributed by atoms with E-state index >= 15 is 0 Å². The number of hydrogen-bond acceptors (Lipinski definition) is 2. The van der Waals surface area contributed by atoms with Crippen LogP contribution >= 0.6 is 0 Å². The van der Waals surface area contributed by atoms with Gasteiger partial charge in [0.1, 0.15) is 5.78 Å². The first-order chi connectivity index (χ1) is 6.75. The third-order valence-corrected chi connectivity index (χ3v) is 3.56. The number of rotatable bonds is 5. The summed E-state index contributed by atoms with van der Waals surface area (Å²) in [4.78, 5) is 13.8. The molecule has 0 N–H and O–H groups in total. The van der Waals surface area contributed by atoms with Crippen LogP contribution in [-0.2, 0) is 4.79 Å². The second-order valence-corrected chi connectivity index (χ2v) is 5.05. The molecular formula is C12H21NO. The molecule has 0 spiro atoms. The van der Waals surface area contributed by atoms with Crippen LogP contribution in [0.2, 0.25) is 0 Å². The zero-order valence-corrected chi connectivity index (χ0v) is 9.17. The number of ketones is 1. The quantitative estimate of drug-likeness (QED) is 0.669. The van der Waals surface area contributed by atoms with Crippen LogP contribution in [0.15, 0.2) is 0 Å². The van der Waals surface area contributed by atoms with E-state index < -0.39 is 0 Å². The predicted molar refractivity (Wildman–Crippen MR) is 57.2 cm³/mol.